The molecular formula is C16H31N3O2. The lowest BCUT2D eigenvalue weighted by Gasteiger charge is -2.21. The molecule has 1 saturated heterocycles. The van der Waals surface area contributed by atoms with E-state index in [1.807, 2.05) is 0 Å². The fraction of sp³-hybridized carbons (Fsp3) is 0.875. The van der Waals surface area contributed by atoms with Crippen LogP contribution in [0.3, 0.4) is 0 Å². The van der Waals surface area contributed by atoms with Crippen molar-refractivity contribution in [2.24, 2.45) is 10.7 Å². The smallest absolute Gasteiger partial charge is 0.305 e. The molecule has 0 radical (unpaired) electrons. The number of ether oxygens (including phenoxy) is 1. The van der Waals surface area contributed by atoms with Crippen LogP contribution in [0.2, 0.25) is 0 Å². The molecule has 0 aromatic rings. The van der Waals surface area contributed by atoms with E-state index >= 15 is 0 Å². The SMILES string of the molecule is COC(=O)CCCCCCCN=C(N)N1CCCCCC1. The van der Waals surface area contributed by atoms with E-state index in [-0.39, 0.29) is 5.97 Å². The number of nitrogens with two attached hydrogens (primary N) is 1. The van der Waals surface area contributed by atoms with Gasteiger partial charge < -0.3 is 15.4 Å². The van der Waals surface area contributed by atoms with Gasteiger partial charge in [0.15, 0.2) is 5.96 Å². The Morgan fingerprint density at radius 3 is 2.33 bits per heavy atom. The number of hydrogen-bond acceptors (Lipinski definition) is 3. The monoisotopic (exact) mass is 297 g/mol. The number of carbonyl (C=O) groups excluding carboxylic acids is 1. The van der Waals surface area contributed by atoms with Crippen LogP contribution in [-0.2, 0) is 9.53 Å². The number of nitrogens with zero attached hydrogens (tertiary/aromatic N) is 2. The van der Waals surface area contributed by atoms with Gasteiger partial charge in [0.25, 0.3) is 0 Å². The molecular weight excluding hydrogens is 266 g/mol. The highest BCUT2D eigenvalue weighted by Crippen LogP contribution is 2.09. The molecule has 1 heterocycles. The molecule has 1 aliphatic rings. The van der Waals surface area contributed by atoms with Gasteiger partial charge in [-0.2, -0.15) is 0 Å². The quantitative estimate of drug-likeness (QED) is 0.324. The van der Waals surface area contributed by atoms with Gasteiger partial charge in [0, 0.05) is 26.1 Å². The maximum absolute atomic E-state index is 10.9. The predicted molar refractivity (Wildman–Crippen MR) is 86.2 cm³/mol. The van der Waals surface area contributed by atoms with Crippen LogP contribution in [0.4, 0.5) is 0 Å². The Morgan fingerprint density at radius 2 is 1.67 bits per heavy atom. The third-order valence-corrected chi connectivity index (χ3v) is 3.97. The van der Waals surface area contributed by atoms with Crippen molar-refractivity contribution in [2.75, 3.05) is 26.7 Å². The molecule has 0 unspecified atom stereocenters. The van der Waals surface area contributed by atoms with E-state index in [1.165, 1.54) is 32.8 Å². The Labute approximate surface area is 128 Å². The number of guanidine groups is 1. The summed E-state index contributed by atoms with van der Waals surface area (Å²) < 4.78 is 4.61. The molecule has 1 fully saturated rings. The first-order valence-corrected chi connectivity index (χ1v) is 8.35. The second kappa shape index (κ2) is 11.4. The molecule has 122 valence electrons. The number of aliphatic imine (C=N–C) groups is 1. The number of rotatable bonds is 8. The number of likely N-dealkylation sites (tertiary alicyclic amines) is 1. The Hall–Kier alpha value is -1.26. The van der Waals surface area contributed by atoms with Gasteiger partial charge >= 0.3 is 5.97 Å². The average molecular weight is 297 g/mol. The molecule has 5 heteroatoms. The largest absolute Gasteiger partial charge is 0.469 e. The van der Waals surface area contributed by atoms with E-state index in [0.717, 1.165) is 57.7 Å². The average Bonchev–Trinajstić information content (AvgIpc) is 2.78. The molecule has 5 nitrogen and oxygen atoms in total. The van der Waals surface area contributed by atoms with Crippen molar-refractivity contribution in [2.45, 2.75) is 64.2 Å². The lowest BCUT2D eigenvalue weighted by molar-refractivity contribution is -0.140. The predicted octanol–water partition coefficient (Wildman–Crippen LogP) is 2.69. The summed E-state index contributed by atoms with van der Waals surface area (Å²) >= 11 is 0. The van der Waals surface area contributed by atoms with E-state index < -0.39 is 0 Å². The van der Waals surface area contributed by atoms with Crippen LogP contribution in [0.1, 0.15) is 64.2 Å². The van der Waals surface area contributed by atoms with Crippen molar-refractivity contribution in [1.29, 1.82) is 0 Å². The summed E-state index contributed by atoms with van der Waals surface area (Å²) in [5, 5.41) is 0. The molecule has 0 aromatic heterocycles. The maximum atomic E-state index is 10.9. The standard InChI is InChI=1S/C16H31N3O2/c1-21-15(20)11-7-3-2-4-8-12-18-16(17)19-13-9-5-6-10-14-19/h2-14H2,1H3,(H2,17,18). The van der Waals surface area contributed by atoms with Gasteiger partial charge in [0.1, 0.15) is 0 Å². The van der Waals surface area contributed by atoms with Crippen LogP contribution < -0.4 is 5.73 Å². The van der Waals surface area contributed by atoms with Crippen molar-refractivity contribution in [3.05, 3.63) is 0 Å². The fourth-order valence-electron chi connectivity index (χ4n) is 2.61. The molecule has 0 bridgehead atoms. The maximum Gasteiger partial charge on any atom is 0.305 e. The number of methoxy groups -OCH3 is 1. The molecule has 0 atom stereocenters. The molecule has 1 rings (SSSR count). The van der Waals surface area contributed by atoms with Crippen LogP contribution in [0.5, 0.6) is 0 Å². The molecule has 0 spiro atoms. The van der Waals surface area contributed by atoms with Crippen LogP contribution in [-0.4, -0.2) is 43.6 Å². The van der Waals surface area contributed by atoms with Gasteiger partial charge in [0.05, 0.1) is 7.11 Å². The van der Waals surface area contributed by atoms with Crippen molar-refractivity contribution in [3.63, 3.8) is 0 Å². The van der Waals surface area contributed by atoms with Gasteiger partial charge in [-0.05, 0) is 25.7 Å². The van der Waals surface area contributed by atoms with Crippen LogP contribution in [0, 0.1) is 0 Å². The highest BCUT2D eigenvalue weighted by Gasteiger charge is 2.10. The van der Waals surface area contributed by atoms with Crippen LogP contribution in [0.15, 0.2) is 4.99 Å². The Kier molecular flexibility index (Phi) is 9.66. The zero-order valence-electron chi connectivity index (χ0n) is 13.5. The summed E-state index contributed by atoms with van der Waals surface area (Å²) in [7, 11) is 1.44. The molecule has 0 amide bonds. The Bertz CT molecular complexity index is 311. The Morgan fingerprint density at radius 1 is 1.05 bits per heavy atom. The number of unbranched alkanes of at least 4 members (excludes halogenated alkanes) is 4. The topological polar surface area (TPSA) is 67.9 Å². The summed E-state index contributed by atoms with van der Waals surface area (Å²) in [6.45, 7) is 2.94. The normalized spacial score (nSPS) is 16.6. The minimum absolute atomic E-state index is 0.107. The van der Waals surface area contributed by atoms with Crippen molar-refractivity contribution >= 4 is 11.9 Å². The summed E-state index contributed by atoms with van der Waals surface area (Å²) in [5.41, 5.74) is 6.05. The third-order valence-electron chi connectivity index (χ3n) is 3.97. The molecule has 1 aliphatic heterocycles. The first-order valence-electron chi connectivity index (χ1n) is 8.35. The number of hydrogen-bond donors (Lipinski definition) is 1. The van der Waals surface area contributed by atoms with Gasteiger partial charge in [-0.3, -0.25) is 9.79 Å². The zero-order valence-corrected chi connectivity index (χ0v) is 13.5. The van der Waals surface area contributed by atoms with E-state index in [0.29, 0.717) is 6.42 Å². The van der Waals surface area contributed by atoms with Gasteiger partial charge in [0.2, 0.25) is 0 Å². The number of carbonyl (C=O) groups is 1. The minimum atomic E-state index is -0.107. The molecule has 0 aromatic carbocycles. The molecule has 2 N–H and O–H groups in total. The second-order valence-corrected chi connectivity index (χ2v) is 5.74. The van der Waals surface area contributed by atoms with E-state index in [1.54, 1.807) is 0 Å². The highest BCUT2D eigenvalue weighted by atomic mass is 16.5. The van der Waals surface area contributed by atoms with Gasteiger partial charge in [-0.25, -0.2) is 0 Å². The van der Waals surface area contributed by atoms with E-state index in [4.69, 9.17) is 5.73 Å². The third kappa shape index (κ3) is 8.58. The van der Waals surface area contributed by atoms with Gasteiger partial charge in [-0.15, -0.1) is 0 Å². The second-order valence-electron chi connectivity index (χ2n) is 5.74. The first-order chi connectivity index (χ1) is 10.2. The fourth-order valence-corrected chi connectivity index (χ4v) is 2.61. The van der Waals surface area contributed by atoms with Gasteiger partial charge in [-0.1, -0.05) is 32.1 Å². The van der Waals surface area contributed by atoms with Crippen LogP contribution >= 0.6 is 0 Å². The summed E-state index contributed by atoms with van der Waals surface area (Å²) in [6.07, 6.45) is 11.0. The van der Waals surface area contributed by atoms with Crippen LogP contribution in [0.25, 0.3) is 0 Å². The Balaban J connectivity index is 2.01. The molecule has 0 saturated carbocycles. The highest BCUT2D eigenvalue weighted by molar-refractivity contribution is 5.78. The molecule has 21 heavy (non-hydrogen) atoms. The minimum Gasteiger partial charge on any atom is -0.469 e. The lowest BCUT2D eigenvalue weighted by Crippen LogP contribution is -2.38. The summed E-state index contributed by atoms with van der Waals surface area (Å²) in [4.78, 5) is 17.7. The zero-order chi connectivity index (χ0) is 15.3. The first kappa shape index (κ1) is 17.8. The molecule has 0 aliphatic carbocycles. The lowest BCUT2D eigenvalue weighted by atomic mass is 10.1. The van der Waals surface area contributed by atoms with E-state index in [9.17, 15) is 4.79 Å². The number of esters is 1. The van der Waals surface area contributed by atoms with E-state index in [2.05, 4.69) is 14.6 Å². The van der Waals surface area contributed by atoms with Crippen molar-refractivity contribution in [3.8, 4) is 0 Å². The summed E-state index contributed by atoms with van der Waals surface area (Å²) in [6, 6.07) is 0. The summed E-state index contributed by atoms with van der Waals surface area (Å²) in [5.74, 6) is 0.618. The van der Waals surface area contributed by atoms with Crippen molar-refractivity contribution < 1.29 is 9.53 Å². The van der Waals surface area contributed by atoms with Crippen molar-refractivity contribution in [1.82, 2.24) is 4.90 Å².